The summed E-state index contributed by atoms with van der Waals surface area (Å²) < 4.78 is 0. The molecule has 2 N–H and O–H groups in total. The lowest BCUT2D eigenvalue weighted by Gasteiger charge is -2.04. The van der Waals surface area contributed by atoms with E-state index >= 15 is 0 Å². The third-order valence-electron chi connectivity index (χ3n) is 2.25. The molecule has 1 rings (SSSR count). The molecule has 1 saturated carbocycles. The Hall–Kier alpha value is -0.550. The Morgan fingerprint density at radius 3 is 2.80 bits per heavy atom. The van der Waals surface area contributed by atoms with Crippen LogP contribution in [-0.2, 0) is 0 Å². The maximum absolute atomic E-state index is 8.31. The normalized spacial score (nSPS) is 32.0. The molecule has 56 valence electrons. The zero-order valence-corrected chi connectivity index (χ0v) is 6.21. The molecule has 0 aliphatic heterocycles. The largest absolute Gasteiger partial charge is 0.328 e. The topological polar surface area (TPSA) is 49.8 Å². The molecule has 0 saturated heterocycles. The van der Waals surface area contributed by atoms with Gasteiger partial charge in [-0.3, -0.25) is 0 Å². The van der Waals surface area contributed by atoms with E-state index in [1.54, 1.807) is 0 Å². The van der Waals surface area contributed by atoms with Gasteiger partial charge in [0.2, 0.25) is 0 Å². The van der Waals surface area contributed by atoms with Gasteiger partial charge < -0.3 is 5.73 Å². The third kappa shape index (κ3) is 2.00. The van der Waals surface area contributed by atoms with Gasteiger partial charge in [-0.05, 0) is 31.6 Å². The fraction of sp³-hybridized carbons (Fsp3) is 0.875. The van der Waals surface area contributed by atoms with Gasteiger partial charge in [0.05, 0.1) is 6.07 Å². The van der Waals surface area contributed by atoms with E-state index in [2.05, 4.69) is 6.07 Å². The summed E-state index contributed by atoms with van der Waals surface area (Å²) in [5.74, 6) is 0.745. The molecule has 0 aromatic rings. The molecule has 0 aromatic carbocycles. The summed E-state index contributed by atoms with van der Waals surface area (Å²) in [5, 5.41) is 8.31. The minimum absolute atomic E-state index is 0.420. The van der Waals surface area contributed by atoms with Crippen LogP contribution >= 0.6 is 0 Å². The molecule has 1 aliphatic rings. The highest BCUT2D eigenvalue weighted by Gasteiger charge is 2.20. The SMILES string of the molecule is N#CCC[C@H]1CC[C@@H](N)C1. The molecule has 0 bridgehead atoms. The van der Waals surface area contributed by atoms with E-state index in [0.717, 1.165) is 25.2 Å². The fourth-order valence-corrected chi connectivity index (χ4v) is 1.64. The summed E-state index contributed by atoms with van der Waals surface area (Å²) in [7, 11) is 0. The molecule has 0 heterocycles. The van der Waals surface area contributed by atoms with Crippen molar-refractivity contribution in [2.24, 2.45) is 11.7 Å². The number of rotatable bonds is 2. The van der Waals surface area contributed by atoms with E-state index < -0.39 is 0 Å². The first kappa shape index (κ1) is 7.56. The summed E-state index contributed by atoms with van der Waals surface area (Å²) in [4.78, 5) is 0. The molecule has 2 atom stereocenters. The molecule has 0 amide bonds. The van der Waals surface area contributed by atoms with Crippen LogP contribution < -0.4 is 5.73 Å². The van der Waals surface area contributed by atoms with E-state index in [1.165, 1.54) is 6.42 Å². The first-order valence-corrected chi connectivity index (χ1v) is 3.95. The van der Waals surface area contributed by atoms with Gasteiger partial charge in [0.1, 0.15) is 0 Å². The van der Waals surface area contributed by atoms with Crippen LogP contribution in [0.1, 0.15) is 32.1 Å². The number of nitrogens with two attached hydrogens (primary N) is 1. The van der Waals surface area contributed by atoms with Crippen LogP contribution in [0, 0.1) is 17.2 Å². The van der Waals surface area contributed by atoms with Gasteiger partial charge in [0.25, 0.3) is 0 Å². The Morgan fingerprint density at radius 2 is 2.30 bits per heavy atom. The molecule has 1 fully saturated rings. The minimum atomic E-state index is 0.420. The highest BCUT2D eigenvalue weighted by atomic mass is 14.6. The average molecular weight is 138 g/mol. The van der Waals surface area contributed by atoms with Crippen molar-refractivity contribution in [3.63, 3.8) is 0 Å². The summed E-state index contributed by atoms with van der Waals surface area (Å²) >= 11 is 0. The van der Waals surface area contributed by atoms with Gasteiger partial charge in [-0.1, -0.05) is 0 Å². The van der Waals surface area contributed by atoms with Crippen molar-refractivity contribution in [1.82, 2.24) is 0 Å². The van der Waals surface area contributed by atoms with E-state index in [1.807, 2.05) is 0 Å². The maximum Gasteiger partial charge on any atom is 0.0621 e. The van der Waals surface area contributed by atoms with E-state index in [9.17, 15) is 0 Å². The smallest absolute Gasteiger partial charge is 0.0621 e. The molecule has 1 aliphatic carbocycles. The maximum atomic E-state index is 8.31. The zero-order chi connectivity index (χ0) is 7.40. The van der Waals surface area contributed by atoms with E-state index in [4.69, 9.17) is 11.0 Å². The van der Waals surface area contributed by atoms with Crippen LogP contribution in [0.3, 0.4) is 0 Å². The van der Waals surface area contributed by atoms with Crippen molar-refractivity contribution in [3.8, 4) is 6.07 Å². The van der Waals surface area contributed by atoms with Gasteiger partial charge in [-0.15, -0.1) is 0 Å². The van der Waals surface area contributed by atoms with Gasteiger partial charge in [0.15, 0.2) is 0 Å². The standard InChI is InChI=1S/C8H14N2/c9-5-1-2-7-3-4-8(10)6-7/h7-8H,1-4,6,10H2/t7-,8+/m0/s1. The second-order valence-electron chi connectivity index (χ2n) is 3.14. The van der Waals surface area contributed by atoms with Crippen molar-refractivity contribution in [1.29, 1.82) is 5.26 Å². The van der Waals surface area contributed by atoms with Crippen molar-refractivity contribution >= 4 is 0 Å². The monoisotopic (exact) mass is 138 g/mol. The van der Waals surface area contributed by atoms with E-state index in [0.29, 0.717) is 12.5 Å². The van der Waals surface area contributed by atoms with Crippen molar-refractivity contribution < 1.29 is 0 Å². The summed E-state index contributed by atoms with van der Waals surface area (Å²) in [6.45, 7) is 0. The third-order valence-corrected chi connectivity index (χ3v) is 2.25. The van der Waals surface area contributed by atoms with Crippen LogP contribution in [0.5, 0.6) is 0 Å². The molecule has 0 radical (unpaired) electrons. The first-order chi connectivity index (χ1) is 4.83. The molecular formula is C8H14N2. The summed E-state index contributed by atoms with van der Waals surface area (Å²) in [6.07, 6.45) is 5.31. The molecule has 10 heavy (non-hydrogen) atoms. The van der Waals surface area contributed by atoms with Crippen molar-refractivity contribution in [3.05, 3.63) is 0 Å². The second-order valence-corrected chi connectivity index (χ2v) is 3.14. The highest BCUT2D eigenvalue weighted by molar-refractivity contribution is 4.80. The lowest BCUT2D eigenvalue weighted by atomic mass is 10.0. The number of nitriles is 1. The number of hydrogen-bond donors (Lipinski definition) is 1. The molecule has 0 aromatic heterocycles. The summed E-state index contributed by atoms with van der Waals surface area (Å²) in [5.41, 5.74) is 5.71. The number of hydrogen-bond acceptors (Lipinski definition) is 2. The Kier molecular flexibility index (Phi) is 2.70. The molecule has 0 spiro atoms. The highest BCUT2D eigenvalue weighted by Crippen LogP contribution is 2.27. The predicted molar refractivity (Wildman–Crippen MR) is 40.2 cm³/mol. The van der Waals surface area contributed by atoms with Gasteiger partial charge in [-0.2, -0.15) is 5.26 Å². The fourth-order valence-electron chi connectivity index (χ4n) is 1.64. The Balaban J connectivity index is 2.14. The molecule has 0 unspecified atom stereocenters. The van der Waals surface area contributed by atoms with Crippen LogP contribution in [0.25, 0.3) is 0 Å². The minimum Gasteiger partial charge on any atom is -0.328 e. The van der Waals surface area contributed by atoms with Crippen LogP contribution in [0.4, 0.5) is 0 Å². The second kappa shape index (κ2) is 3.58. The van der Waals surface area contributed by atoms with Crippen LogP contribution in [0.15, 0.2) is 0 Å². The van der Waals surface area contributed by atoms with Gasteiger partial charge in [-0.25, -0.2) is 0 Å². The van der Waals surface area contributed by atoms with Crippen LogP contribution in [0.2, 0.25) is 0 Å². The lowest BCUT2D eigenvalue weighted by Crippen LogP contribution is -2.14. The molecule has 2 nitrogen and oxygen atoms in total. The Morgan fingerprint density at radius 1 is 1.50 bits per heavy atom. The Bertz CT molecular complexity index is 137. The average Bonchev–Trinajstić information content (AvgIpc) is 2.31. The predicted octanol–water partition coefficient (Wildman–Crippen LogP) is 1.42. The summed E-state index contributed by atoms with van der Waals surface area (Å²) in [6, 6.07) is 2.59. The molecule has 2 heteroatoms. The Labute approximate surface area is 62.0 Å². The van der Waals surface area contributed by atoms with Gasteiger partial charge >= 0.3 is 0 Å². The van der Waals surface area contributed by atoms with E-state index in [-0.39, 0.29) is 0 Å². The van der Waals surface area contributed by atoms with Crippen LogP contribution in [-0.4, -0.2) is 6.04 Å². The quantitative estimate of drug-likeness (QED) is 0.627. The van der Waals surface area contributed by atoms with Gasteiger partial charge in [0, 0.05) is 12.5 Å². The first-order valence-electron chi connectivity index (χ1n) is 3.95. The van der Waals surface area contributed by atoms with Crippen molar-refractivity contribution in [2.45, 2.75) is 38.1 Å². The molecular weight excluding hydrogens is 124 g/mol. The number of nitrogens with zero attached hydrogens (tertiary/aromatic N) is 1. The van der Waals surface area contributed by atoms with Crippen molar-refractivity contribution in [2.75, 3.05) is 0 Å². The lowest BCUT2D eigenvalue weighted by molar-refractivity contribution is 0.502. The zero-order valence-electron chi connectivity index (χ0n) is 6.21.